The minimum Gasteiger partial charge on any atom is -0.759 e. The van der Waals surface area contributed by atoms with Gasteiger partial charge in [0.25, 0.3) is 0 Å². The van der Waals surface area contributed by atoms with Crippen LogP contribution in [0.3, 0.4) is 0 Å². The van der Waals surface area contributed by atoms with Crippen molar-refractivity contribution in [2.24, 2.45) is 0 Å². The van der Waals surface area contributed by atoms with E-state index >= 15 is 0 Å². The number of hydrogen-bond donors (Lipinski definition) is 0. The Labute approximate surface area is 165 Å². The monoisotopic (exact) mass is 407 g/mol. The van der Waals surface area contributed by atoms with Crippen LogP contribution in [0.1, 0.15) is 0 Å². The van der Waals surface area contributed by atoms with E-state index in [9.17, 15) is 0 Å². The first-order chi connectivity index (χ1) is 6.00. The molecule has 18 heteroatoms. The molecule has 12 nitrogen and oxygen atoms in total. The molecule has 18 heavy (non-hydrogen) atoms. The SMILES string of the molecule is O=S(=O)([O-])[O-].O=S(=O)([O-])[O-].O=S(=O)([O-])[O-].[Ca+2].[Fe+3].[Na+]. The molecule has 0 aromatic heterocycles. The Bertz CT molecular complexity index is 348. The van der Waals surface area contributed by atoms with Crippen molar-refractivity contribution in [1.29, 1.82) is 0 Å². The van der Waals surface area contributed by atoms with Crippen LogP contribution >= 0.6 is 0 Å². The average Bonchev–Trinajstić information content (AvgIpc) is 1.41. The largest absolute Gasteiger partial charge is 3.00 e. The van der Waals surface area contributed by atoms with Gasteiger partial charge in [-0.15, -0.1) is 0 Å². The zero-order chi connectivity index (χ0) is 13.5. The van der Waals surface area contributed by atoms with E-state index < -0.39 is 31.2 Å². The molecule has 0 bridgehead atoms. The van der Waals surface area contributed by atoms with Crippen LogP contribution in [0.15, 0.2) is 0 Å². The van der Waals surface area contributed by atoms with E-state index in [0.29, 0.717) is 0 Å². The Balaban J connectivity index is -0.0000000277. The summed E-state index contributed by atoms with van der Waals surface area (Å²) in [7, 11) is -15.5. The summed E-state index contributed by atoms with van der Waals surface area (Å²) in [6.45, 7) is 0. The maximum Gasteiger partial charge on any atom is 3.00 e. The van der Waals surface area contributed by atoms with Crippen molar-refractivity contribution in [2.45, 2.75) is 0 Å². The van der Waals surface area contributed by atoms with Crippen LogP contribution in [0.2, 0.25) is 0 Å². The molecule has 0 aliphatic carbocycles. The van der Waals surface area contributed by atoms with Gasteiger partial charge >= 0.3 is 84.4 Å². The summed E-state index contributed by atoms with van der Waals surface area (Å²) in [5.74, 6) is 0. The molecule has 0 fully saturated rings. The Kier molecular flexibility index (Phi) is 32.4. The summed E-state index contributed by atoms with van der Waals surface area (Å²) >= 11 is 0. The van der Waals surface area contributed by atoms with Crippen LogP contribution < -0.4 is 29.6 Å². The topological polar surface area (TPSA) is 241 Å². The first-order valence-corrected chi connectivity index (χ1v) is 6.00. The zero-order valence-electron chi connectivity index (χ0n) is 8.18. The summed E-state index contributed by atoms with van der Waals surface area (Å²) in [6, 6.07) is 0. The van der Waals surface area contributed by atoms with Crippen LogP contribution in [0.5, 0.6) is 0 Å². The van der Waals surface area contributed by atoms with E-state index in [0.717, 1.165) is 0 Å². The molecular formula is CaFeNaO12S3. The summed E-state index contributed by atoms with van der Waals surface area (Å²) in [6.07, 6.45) is 0. The van der Waals surface area contributed by atoms with E-state index in [2.05, 4.69) is 0 Å². The quantitative estimate of drug-likeness (QED) is 0.206. The maximum absolute atomic E-state index is 8.52. The van der Waals surface area contributed by atoms with Crippen LogP contribution in [0.25, 0.3) is 0 Å². The van der Waals surface area contributed by atoms with Gasteiger partial charge in [-0.05, 0) is 0 Å². The van der Waals surface area contributed by atoms with E-state index in [4.69, 9.17) is 52.6 Å². The fraction of sp³-hybridized carbons (Fsp3) is 0. The Morgan fingerprint density at radius 1 is 0.500 bits per heavy atom. The Morgan fingerprint density at radius 3 is 0.500 bits per heavy atom. The molecule has 0 saturated carbocycles. The van der Waals surface area contributed by atoms with Gasteiger partial charge in [0.1, 0.15) is 0 Å². The minimum atomic E-state index is -5.17. The van der Waals surface area contributed by atoms with E-state index in [1.165, 1.54) is 0 Å². The molecule has 1 radical (unpaired) electrons. The second kappa shape index (κ2) is 15.8. The Morgan fingerprint density at radius 2 is 0.500 bits per heavy atom. The third-order valence-electron chi connectivity index (χ3n) is 0. The van der Waals surface area contributed by atoms with Crippen LogP contribution in [-0.4, -0.2) is 90.3 Å². The number of hydrogen-bond acceptors (Lipinski definition) is 12. The third-order valence-corrected chi connectivity index (χ3v) is 0. The molecule has 0 saturated heterocycles. The molecule has 101 valence electrons. The molecule has 0 aromatic carbocycles. The van der Waals surface area contributed by atoms with E-state index in [-0.39, 0.29) is 84.4 Å². The van der Waals surface area contributed by atoms with Gasteiger partial charge in [0.2, 0.25) is 0 Å². The van der Waals surface area contributed by atoms with Crippen molar-refractivity contribution in [3.05, 3.63) is 0 Å². The van der Waals surface area contributed by atoms with Crippen molar-refractivity contribution < 1.29 is 99.2 Å². The molecule has 0 aliphatic rings. The third kappa shape index (κ3) is 974. The standard InChI is InChI=1S/Ca.Fe.Na.3H2O4S/c;;;3*1-5(2,3)4/h;;;3*(H2,1,2,3,4)/q+2;+3;+1;;;/p-6. The van der Waals surface area contributed by atoms with Crippen LogP contribution in [0.4, 0.5) is 0 Å². The van der Waals surface area contributed by atoms with Gasteiger partial charge < -0.3 is 27.3 Å². The summed E-state index contributed by atoms with van der Waals surface area (Å²) in [5, 5.41) is 0. The van der Waals surface area contributed by atoms with E-state index in [1.807, 2.05) is 0 Å². The molecule has 0 unspecified atom stereocenters. The molecule has 0 atom stereocenters. The van der Waals surface area contributed by atoms with Gasteiger partial charge in [0, 0.05) is 31.2 Å². The summed E-state index contributed by atoms with van der Waals surface area (Å²) < 4.78 is 102. The molecule has 0 N–H and O–H groups in total. The van der Waals surface area contributed by atoms with Crippen LogP contribution in [0, 0.1) is 0 Å². The minimum absolute atomic E-state index is 0. The fourth-order valence-electron chi connectivity index (χ4n) is 0. The molecule has 0 spiro atoms. The zero-order valence-corrected chi connectivity index (χ0v) is 15.9. The maximum atomic E-state index is 8.52. The molecular weight excluding hydrogens is 407 g/mol. The van der Waals surface area contributed by atoms with Gasteiger partial charge in [0.05, 0.1) is 0 Å². The molecule has 0 amide bonds. The summed E-state index contributed by atoms with van der Waals surface area (Å²) in [4.78, 5) is 0. The number of rotatable bonds is 0. The fourth-order valence-corrected chi connectivity index (χ4v) is 0. The predicted octanol–water partition coefficient (Wildman–Crippen LogP) is -7.39. The average molecular weight is 407 g/mol. The Hall–Kier alpha value is 2.39. The van der Waals surface area contributed by atoms with Gasteiger partial charge in [-0.25, -0.2) is 0 Å². The molecule has 0 aliphatic heterocycles. The van der Waals surface area contributed by atoms with Gasteiger partial charge in [-0.3, -0.25) is 25.3 Å². The van der Waals surface area contributed by atoms with Crippen molar-refractivity contribution >= 4 is 68.9 Å². The van der Waals surface area contributed by atoms with Gasteiger partial charge in [-0.1, -0.05) is 0 Å². The predicted molar refractivity (Wildman–Crippen MR) is 37.2 cm³/mol. The normalized spacial score (nSPS) is 9.67. The van der Waals surface area contributed by atoms with Crippen LogP contribution in [-0.2, 0) is 48.3 Å². The van der Waals surface area contributed by atoms with Crippen molar-refractivity contribution in [3.63, 3.8) is 0 Å². The first kappa shape index (κ1) is 37.0. The molecule has 0 heterocycles. The molecule has 0 aromatic rings. The van der Waals surface area contributed by atoms with Crippen molar-refractivity contribution in [3.8, 4) is 0 Å². The van der Waals surface area contributed by atoms with Gasteiger partial charge in [0.15, 0.2) is 0 Å². The second-order valence-electron chi connectivity index (χ2n) is 1.22. The second-order valence-corrected chi connectivity index (χ2v) is 3.67. The van der Waals surface area contributed by atoms with E-state index in [1.54, 1.807) is 0 Å². The van der Waals surface area contributed by atoms with Gasteiger partial charge in [-0.2, -0.15) is 0 Å². The van der Waals surface area contributed by atoms with Crippen molar-refractivity contribution in [1.82, 2.24) is 0 Å². The smallest absolute Gasteiger partial charge is 0.759 e. The first-order valence-electron chi connectivity index (χ1n) is 2.00. The molecule has 0 rings (SSSR count). The summed E-state index contributed by atoms with van der Waals surface area (Å²) in [5.41, 5.74) is 0. The van der Waals surface area contributed by atoms with Crippen molar-refractivity contribution in [2.75, 3.05) is 0 Å².